The van der Waals surface area contributed by atoms with Crippen molar-refractivity contribution in [3.8, 4) is 18.3 Å². The molecule has 2 nitrogen and oxygen atoms in total. The van der Waals surface area contributed by atoms with Gasteiger partial charge in [0, 0.05) is 5.92 Å². The molecule has 6 heteroatoms. The zero-order valence-electron chi connectivity index (χ0n) is 9.18. The van der Waals surface area contributed by atoms with Crippen LogP contribution in [0, 0.1) is 36.5 Å². The van der Waals surface area contributed by atoms with Crippen molar-refractivity contribution in [3.05, 3.63) is 6.42 Å². The fourth-order valence-electron chi connectivity index (χ4n) is 0.478. The molecule has 0 heterocycles. The Morgan fingerprint density at radius 1 is 0.938 bits per heavy atom. The third-order valence-electron chi connectivity index (χ3n) is 1.59. The summed E-state index contributed by atoms with van der Waals surface area (Å²) in [6, 6.07) is 0. The number of terminal acetylenes is 1. The van der Waals surface area contributed by atoms with Gasteiger partial charge in [0.15, 0.2) is 0 Å². The predicted molar refractivity (Wildman–Crippen MR) is 58.5 cm³/mol. The number of rotatable bonds is 0. The summed E-state index contributed by atoms with van der Waals surface area (Å²) in [5, 5.41) is 0. The van der Waals surface area contributed by atoms with Crippen molar-refractivity contribution in [1.29, 1.82) is 0 Å². The molecule has 0 atom stereocenters. The predicted octanol–water partition coefficient (Wildman–Crippen LogP) is -5.74. The molecule has 3 N–H and O–H groups in total. The summed E-state index contributed by atoms with van der Waals surface area (Å²) in [4.78, 5) is 0. The second-order valence-electron chi connectivity index (χ2n) is 2.86. The van der Waals surface area contributed by atoms with Crippen molar-refractivity contribution in [2.24, 2.45) is 11.8 Å². The number of hydrogen-bond donors (Lipinski definition) is 0. The van der Waals surface area contributed by atoms with E-state index in [1.54, 1.807) is 0 Å². The zero-order chi connectivity index (χ0) is 7.40. The molecule has 2 fully saturated rings. The summed E-state index contributed by atoms with van der Waals surface area (Å²) in [5.41, 5.74) is 0. The average Bonchev–Trinajstić information content (AvgIpc) is 2.86. The average molecular weight is 375 g/mol. The van der Waals surface area contributed by atoms with E-state index in [2.05, 4.69) is 11.8 Å². The summed E-state index contributed by atoms with van der Waals surface area (Å²) >= 11 is 0. The van der Waals surface area contributed by atoms with E-state index in [9.17, 15) is 0 Å². The Balaban J connectivity index is -0.0000000227. The molecule has 0 unspecified atom stereocenters. The maximum atomic E-state index is 6.47. The maximum absolute atomic E-state index is 6.47. The van der Waals surface area contributed by atoms with Crippen LogP contribution in [0.25, 0.3) is 0 Å². The minimum absolute atomic E-state index is 0. The van der Waals surface area contributed by atoms with Crippen LogP contribution < -0.4 is 34.0 Å². The number of hydrogen-bond acceptors (Lipinski definition) is 1. The van der Waals surface area contributed by atoms with Crippen LogP contribution in [-0.2, 0) is 0 Å². The Morgan fingerprint density at radius 3 is 1.25 bits per heavy atom. The van der Waals surface area contributed by atoms with Gasteiger partial charge in [0.25, 0.3) is 0 Å². The Kier molecular flexibility index (Phi) is 49.0. The molecule has 0 aliphatic heterocycles. The molecular formula is C10H14Br2Mg2O2. The fraction of sp³-hybridized carbons (Fsp3) is 0.600. The van der Waals surface area contributed by atoms with E-state index in [1.807, 2.05) is 0 Å². The smallest absolute Gasteiger partial charge is 1.00 e. The second kappa shape index (κ2) is 21.8. The van der Waals surface area contributed by atoms with Gasteiger partial charge < -0.3 is 57.3 Å². The molecule has 0 aromatic rings. The van der Waals surface area contributed by atoms with Crippen LogP contribution in [-0.4, -0.2) is 57.1 Å². The van der Waals surface area contributed by atoms with Crippen molar-refractivity contribution < 1.29 is 44.9 Å². The Morgan fingerprint density at radius 2 is 1.25 bits per heavy atom. The maximum Gasteiger partial charge on any atom is 2.00 e. The van der Waals surface area contributed by atoms with E-state index in [0.29, 0.717) is 11.8 Å². The molecule has 2 saturated carbocycles. The van der Waals surface area contributed by atoms with Gasteiger partial charge in [0.1, 0.15) is 0 Å². The van der Waals surface area contributed by atoms with Crippen LogP contribution in [0.15, 0.2) is 0 Å². The molecule has 0 amide bonds. The third kappa shape index (κ3) is 24.7. The SMILES string of the molecule is C#CC1CC1.O.[Br-].[Br-].[C-]#CC1CC1.[Mg+2].[Mg+2].[OH-]. The van der Waals surface area contributed by atoms with Crippen LogP contribution in [0.5, 0.6) is 0 Å². The summed E-state index contributed by atoms with van der Waals surface area (Å²) < 4.78 is 0. The molecule has 2 aliphatic rings. The summed E-state index contributed by atoms with van der Waals surface area (Å²) in [7, 11) is 0. The zero-order valence-corrected chi connectivity index (χ0v) is 15.2. The molecule has 0 spiro atoms. The van der Waals surface area contributed by atoms with Crippen LogP contribution in [0.3, 0.4) is 0 Å². The Labute approximate surface area is 152 Å². The van der Waals surface area contributed by atoms with Crippen molar-refractivity contribution in [2.45, 2.75) is 25.7 Å². The second-order valence-corrected chi connectivity index (χ2v) is 2.86. The molecule has 2 aliphatic carbocycles. The fourth-order valence-corrected chi connectivity index (χ4v) is 0.478. The summed E-state index contributed by atoms with van der Waals surface area (Å²) in [6.07, 6.45) is 16.4. The minimum Gasteiger partial charge on any atom is -1.00 e. The normalized spacial score (nSPS) is 13.4. The van der Waals surface area contributed by atoms with Crippen molar-refractivity contribution in [2.75, 3.05) is 0 Å². The van der Waals surface area contributed by atoms with E-state index < -0.39 is 0 Å². The van der Waals surface area contributed by atoms with Crippen LogP contribution in [0.2, 0.25) is 0 Å². The van der Waals surface area contributed by atoms with Gasteiger partial charge in [-0.2, -0.15) is 0 Å². The quantitative estimate of drug-likeness (QED) is 0.237. The molecular weight excluding hydrogens is 361 g/mol. The molecule has 0 saturated heterocycles. The van der Waals surface area contributed by atoms with Gasteiger partial charge in [0.2, 0.25) is 0 Å². The molecule has 0 bridgehead atoms. The minimum atomic E-state index is 0. The Hall–Kier alpha value is 1.53. The van der Waals surface area contributed by atoms with Gasteiger partial charge in [-0.05, 0) is 31.6 Å². The molecule has 16 heavy (non-hydrogen) atoms. The van der Waals surface area contributed by atoms with E-state index in [4.69, 9.17) is 12.8 Å². The number of halogens is 2. The molecule has 0 radical (unpaired) electrons. The van der Waals surface area contributed by atoms with E-state index in [1.165, 1.54) is 25.7 Å². The van der Waals surface area contributed by atoms with Crippen LogP contribution >= 0.6 is 0 Å². The summed E-state index contributed by atoms with van der Waals surface area (Å²) in [5.74, 6) is 6.24. The van der Waals surface area contributed by atoms with Gasteiger partial charge in [-0.3, -0.25) is 0 Å². The molecule has 84 valence electrons. The van der Waals surface area contributed by atoms with Gasteiger partial charge in [0.05, 0.1) is 0 Å². The van der Waals surface area contributed by atoms with E-state index in [0.717, 1.165) is 0 Å². The standard InChI is InChI=1S/C5H6.C5H5.2BrH.2Mg.2H2O/c2*1-2-5-3-4-5;;;;;;/h1,5H,3-4H2;5H,3-4H2;2*1H;;;2*1H2/q;-1;;;2*+2;;/p-3. The largest absolute Gasteiger partial charge is 2.00 e. The van der Waals surface area contributed by atoms with Crippen LogP contribution in [0.4, 0.5) is 0 Å². The van der Waals surface area contributed by atoms with Crippen molar-refractivity contribution in [1.82, 2.24) is 0 Å². The summed E-state index contributed by atoms with van der Waals surface area (Å²) in [6.45, 7) is 0. The molecule has 0 aromatic heterocycles. The Bertz CT molecular complexity index is 172. The van der Waals surface area contributed by atoms with Gasteiger partial charge >= 0.3 is 46.1 Å². The van der Waals surface area contributed by atoms with Gasteiger partial charge in [-0.15, -0.1) is 12.3 Å². The van der Waals surface area contributed by atoms with Crippen molar-refractivity contribution >= 4 is 46.1 Å². The van der Waals surface area contributed by atoms with Crippen LogP contribution in [0.1, 0.15) is 25.7 Å². The monoisotopic (exact) mass is 372 g/mol. The molecule has 2 rings (SSSR count). The third-order valence-corrected chi connectivity index (χ3v) is 1.59. The van der Waals surface area contributed by atoms with Gasteiger partial charge in [-0.25, -0.2) is 0 Å². The molecule has 0 aromatic carbocycles. The first kappa shape index (κ1) is 36.0. The first-order valence-electron chi connectivity index (χ1n) is 3.75. The van der Waals surface area contributed by atoms with Crippen molar-refractivity contribution in [3.63, 3.8) is 0 Å². The first-order valence-corrected chi connectivity index (χ1v) is 3.75. The van der Waals surface area contributed by atoms with E-state index >= 15 is 0 Å². The van der Waals surface area contributed by atoms with E-state index in [-0.39, 0.29) is 91.0 Å². The first-order chi connectivity index (χ1) is 4.86. The topological polar surface area (TPSA) is 61.5 Å². The van der Waals surface area contributed by atoms with Gasteiger partial charge in [-0.1, -0.05) is 0 Å².